The van der Waals surface area contributed by atoms with E-state index in [1.165, 1.54) is 6.07 Å². The van der Waals surface area contributed by atoms with Gasteiger partial charge in [0.1, 0.15) is 0 Å². The van der Waals surface area contributed by atoms with Crippen LogP contribution >= 0.6 is 0 Å². The fourth-order valence-electron chi connectivity index (χ4n) is 1.25. The smallest absolute Gasteiger partial charge is 0.775 e. The minimum absolute atomic E-state index is 0. The number of rotatable bonds is 2. The summed E-state index contributed by atoms with van der Waals surface area (Å²) in [5.41, 5.74) is 1.15. The molecule has 0 unspecified atom stereocenters. The molecule has 0 heterocycles. The molecule has 0 aliphatic rings. The second-order valence-electron chi connectivity index (χ2n) is 2.89. The third-order valence-corrected chi connectivity index (χ3v) is 1.76. The zero-order chi connectivity index (χ0) is 10.7. The first-order chi connectivity index (χ1) is 6.56. The Labute approximate surface area is 129 Å². The van der Waals surface area contributed by atoms with Gasteiger partial charge in [0.25, 0.3) is 5.69 Å². The van der Waals surface area contributed by atoms with Gasteiger partial charge in [0, 0.05) is 6.07 Å². The van der Waals surface area contributed by atoms with Gasteiger partial charge in [0.05, 0.1) is 4.92 Å². The Morgan fingerprint density at radius 2 is 1.93 bits per heavy atom. The van der Waals surface area contributed by atoms with Crippen LogP contribution in [-0.2, 0) is 0 Å². The molecule has 7 heteroatoms. The topological polar surface area (TPSA) is 90.9 Å². The molecular weight excluding hydrogens is 225 g/mol. The number of nitro benzene ring substituents is 1. The standard InChI is InChI=1S/C8H9N3O3.K/c1-5-3-6(2)8(9-10-12)7(4-5)11(13)14;/h3-4H,1-2H3,(H,9,12);/q;+1/p-1. The average molecular weight is 233 g/mol. The first kappa shape index (κ1) is 14.7. The Morgan fingerprint density at radius 3 is 2.40 bits per heavy atom. The fourth-order valence-corrected chi connectivity index (χ4v) is 1.25. The summed E-state index contributed by atoms with van der Waals surface area (Å²) < 4.78 is 0. The molecule has 1 aromatic rings. The van der Waals surface area contributed by atoms with Gasteiger partial charge in [-0.3, -0.25) is 10.1 Å². The van der Waals surface area contributed by atoms with Gasteiger partial charge in [-0.25, -0.2) is 5.28 Å². The summed E-state index contributed by atoms with van der Waals surface area (Å²) in [6.45, 7) is 3.38. The van der Waals surface area contributed by atoms with E-state index in [0.717, 1.165) is 5.56 Å². The molecule has 0 radical (unpaired) electrons. The SMILES string of the molecule is Cc1cc(C)c(N=N[O-])c([N+](=O)[O-])c1.[K+]. The molecule has 0 bridgehead atoms. The van der Waals surface area contributed by atoms with E-state index in [1.54, 1.807) is 19.9 Å². The molecule has 15 heavy (non-hydrogen) atoms. The van der Waals surface area contributed by atoms with E-state index >= 15 is 0 Å². The molecule has 0 N–H and O–H groups in total. The van der Waals surface area contributed by atoms with Gasteiger partial charge in [0.15, 0.2) is 5.69 Å². The molecule has 0 aromatic heterocycles. The number of nitro groups is 1. The minimum Gasteiger partial charge on any atom is -0.775 e. The third kappa shape index (κ3) is 3.61. The van der Waals surface area contributed by atoms with Crippen LogP contribution < -0.4 is 51.4 Å². The molecule has 0 amide bonds. The monoisotopic (exact) mass is 233 g/mol. The Morgan fingerprint density at radius 1 is 1.33 bits per heavy atom. The van der Waals surface area contributed by atoms with Crippen molar-refractivity contribution in [1.82, 2.24) is 0 Å². The van der Waals surface area contributed by atoms with Crippen molar-refractivity contribution in [1.29, 1.82) is 0 Å². The predicted octanol–water partition coefficient (Wildman–Crippen LogP) is -0.203. The maximum Gasteiger partial charge on any atom is 1.00 e. The van der Waals surface area contributed by atoms with Gasteiger partial charge in [-0.05, 0) is 25.0 Å². The van der Waals surface area contributed by atoms with E-state index in [4.69, 9.17) is 0 Å². The number of hydrogen-bond donors (Lipinski definition) is 0. The van der Waals surface area contributed by atoms with Crippen LogP contribution in [-0.4, -0.2) is 4.92 Å². The van der Waals surface area contributed by atoms with E-state index in [0.29, 0.717) is 5.56 Å². The van der Waals surface area contributed by atoms with Gasteiger partial charge in [-0.15, -0.1) is 0 Å². The van der Waals surface area contributed by atoms with E-state index < -0.39 is 4.92 Å². The molecule has 0 aliphatic heterocycles. The molecule has 0 atom stereocenters. The maximum absolute atomic E-state index is 10.6. The zero-order valence-electron chi connectivity index (χ0n) is 8.72. The van der Waals surface area contributed by atoms with Crippen molar-refractivity contribution in [3.05, 3.63) is 38.6 Å². The van der Waals surface area contributed by atoms with Gasteiger partial charge in [-0.1, -0.05) is 6.07 Å². The first-order valence-corrected chi connectivity index (χ1v) is 3.85. The van der Waals surface area contributed by atoms with Crippen molar-refractivity contribution in [3.8, 4) is 0 Å². The average Bonchev–Trinajstić information content (AvgIpc) is 2.09. The number of aryl methyl sites for hydroxylation is 2. The number of benzene rings is 1. The Hall–Kier alpha value is -0.344. The summed E-state index contributed by atoms with van der Waals surface area (Å²) in [4.78, 5) is 10.0. The van der Waals surface area contributed by atoms with Crippen molar-refractivity contribution in [2.24, 2.45) is 10.4 Å². The van der Waals surface area contributed by atoms with Crippen LogP contribution in [0.4, 0.5) is 11.4 Å². The van der Waals surface area contributed by atoms with Crippen molar-refractivity contribution in [2.45, 2.75) is 13.8 Å². The Balaban J connectivity index is 0.00000196. The largest absolute Gasteiger partial charge is 1.00 e. The first-order valence-electron chi connectivity index (χ1n) is 3.85. The van der Waals surface area contributed by atoms with Crippen LogP contribution in [0.25, 0.3) is 0 Å². The minimum atomic E-state index is -0.579. The molecule has 0 spiro atoms. The molecule has 1 rings (SSSR count). The fraction of sp³-hybridized carbons (Fsp3) is 0.250. The Kier molecular flexibility index (Phi) is 6.14. The molecule has 0 saturated heterocycles. The van der Waals surface area contributed by atoms with Crippen LogP contribution in [0.5, 0.6) is 0 Å². The summed E-state index contributed by atoms with van der Waals surface area (Å²) in [6, 6.07) is 3.06. The van der Waals surface area contributed by atoms with Crippen LogP contribution in [0.2, 0.25) is 0 Å². The summed E-state index contributed by atoms with van der Waals surface area (Å²) in [5.74, 6) is 0. The molecule has 0 saturated carbocycles. The summed E-state index contributed by atoms with van der Waals surface area (Å²) in [7, 11) is 0. The molecule has 74 valence electrons. The van der Waals surface area contributed by atoms with Crippen molar-refractivity contribution < 1.29 is 56.3 Å². The summed E-state index contributed by atoms with van der Waals surface area (Å²) >= 11 is 0. The van der Waals surface area contributed by atoms with E-state index in [-0.39, 0.29) is 62.8 Å². The van der Waals surface area contributed by atoms with Crippen LogP contribution in [0.15, 0.2) is 22.5 Å². The van der Waals surface area contributed by atoms with E-state index in [2.05, 4.69) is 10.4 Å². The molecule has 6 nitrogen and oxygen atoms in total. The molecular formula is C8H8KN3O3. The predicted molar refractivity (Wildman–Crippen MR) is 50.5 cm³/mol. The van der Waals surface area contributed by atoms with Gasteiger partial charge in [-0.2, -0.15) is 5.11 Å². The summed E-state index contributed by atoms with van der Waals surface area (Å²) in [5, 5.41) is 26.1. The van der Waals surface area contributed by atoms with Crippen molar-refractivity contribution in [2.75, 3.05) is 0 Å². The number of nitrogens with zero attached hydrogens (tertiary/aromatic N) is 3. The van der Waals surface area contributed by atoms with Gasteiger partial charge in [0.2, 0.25) is 0 Å². The molecule has 0 fully saturated rings. The van der Waals surface area contributed by atoms with E-state index in [1.807, 2.05) is 0 Å². The van der Waals surface area contributed by atoms with Crippen LogP contribution in [0, 0.1) is 29.2 Å². The van der Waals surface area contributed by atoms with Gasteiger partial charge < -0.3 is 5.21 Å². The zero-order valence-corrected chi connectivity index (χ0v) is 11.8. The maximum atomic E-state index is 10.6. The molecule has 1 aromatic carbocycles. The van der Waals surface area contributed by atoms with E-state index in [9.17, 15) is 15.3 Å². The van der Waals surface area contributed by atoms with Crippen LogP contribution in [0.3, 0.4) is 0 Å². The van der Waals surface area contributed by atoms with Crippen molar-refractivity contribution in [3.63, 3.8) is 0 Å². The quantitative estimate of drug-likeness (QED) is 0.306. The number of hydrogen-bond acceptors (Lipinski definition) is 5. The summed E-state index contributed by atoms with van der Waals surface area (Å²) in [6.07, 6.45) is 0. The normalized spacial score (nSPS) is 10.0. The third-order valence-electron chi connectivity index (χ3n) is 1.76. The Bertz CT molecular complexity index is 406. The second-order valence-corrected chi connectivity index (χ2v) is 2.89. The van der Waals surface area contributed by atoms with Gasteiger partial charge >= 0.3 is 51.4 Å². The molecule has 0 aliphatic carbocycles. The van der Waals surface area contributed by atoms with Crippen molar-refractivity contribution >= 4 is 11.4 Å². The van der Waals surface area contributed by atoms with Crippen LogP contribution in [0.1, 0.15) is 11.1 Å². The second kappa shape index (κ2) is 6.28.